The van der Waals surface area contributed by atoms with Crippen molar-refractivity contribution in [1.82, 2.24) is 24.7 Å². The van der Waals surface area contributed by atoms with E-state index in [2.05, 4.69) is 20.1 Å². The van der Waals surface area contributed by atoms with Gasteiger partial charge in [0.15, 0.2) is 11.6 Å². The summed E-state index contributed by atoms with van der Waals surface area (Å²) in [6.45, 7) is 0.0722. The fourth-order valence-corrected chi connectivity index (χ4v) is 2.24. The standard InChI is InChI=1S/C16H11N5O3/c22-16-21(15(20-24-16)14-17-7-4-8-18-14)10-13-19-9-12(23-13)11-5-2-1-3-6-11/h1-9H,10H2. The van der Waals surface area contributed by atoms with E-state index in [1.165, 1.54) is 4.57 Å². The summed E-state index contributed by atoms with van der Waals surface area (Å²) < 4.78 is 11.7. The molecular weight excluding hydrogens is 310 g/mol. The Morgan fingerprint density at radius 3 is 2.58 bits per heavy atom. The maximum Gasteiger partial charge on any atom is 0.442 e. The number of oxazole rings is 1. The smallest absolute Gasteiger partial charge is 0.439 e. The lowest BCUT2D eigenvalue weighted by molar-refractivity contribution is 0.373. The van der Waals surface area contributed by atoms with Gasteiger partial charge >= 0.3 is 5.76 Å². The van der Waals surface area contributed by atoms with Crippen LogP contribution in [-0.4, -0.2) is 24.7 Å². The van der Waals surface area contributed by atoms with E-state index in [1.54, 1.807) is 24.7 Å². The molecule has 118 valence electrons. The van der Waals surface area contributed by atoms with E-state index in [9.17, 15) is 4.79 Å². The molecule has 0 radical (unpaired) electrons. The zero-order valence-corrected chi connectivity index (χ0v) is 12.4. The van der Waals surface area contributed by atoms with Crippen molar-refractivity contribution in [3.8, 4) is 23.0 Å². The Morgan fingerprint density at radius 1 is 1.00 bits per heavy atom. The predicted octanol–water partition coefficient (Wildman–Crippen LogP) is 2.00. The Kier molecular flexibility index (Phi) is 3.47. The Labute approximate surface area is 135 Å². The molecule has 0 spiro atoms. The molecule has 0 aliphatic carbocycles. The zero-order valence-electron chi connectivity index (χ0n) is 12.4. The minimum absolute atomic E-state index is 0.0722. The molecule has 8 nitrogen and oxygen atoms in total. The van der Waals surface area contributed by atoms with Crippen molar-refractivity contribution in [1.29, 1.82) is 0 Å². The maximum absolute atomic E-state index is 11.9. The van der Waals surface area contributed by atoms with Gasteiger partial charge in [-0.25, -0.2) is 24.3 Å². The average Bonchev–Trinajstić information content (AvgIpc) is 3.25. The molecule has 24 heavy (non-hydrogen) atoms. The number of hydrogen-bond donors (Lipinski definition) is 0. The van der Waals surface area contributed by atoms with Gasteiger partial charge in [0.05, 0.1) is 6.20 Å². The monoisotopic (exact) mass is 321 g/mol. The molecule has 0 atom stereocenters. The SMILES string of the molecule is O=c1onc(-c2ncccn2)n1Cc1ncc(-c2ccccc2)o1. The molecular formula is C16H11N5O3. The Bertz CT molecular complexity index is 1000. The number of aromatic nitrogens is 5. The van der Waals surface area contributed by atoms with Crippen molar-refractivity contribution in [3.63, 3.8) is 0 Å². The summed E-state index contributed by atoms with van der Waals surface area (Å²) in [7, 11) is 0. The third-order valence-corrected chi connectivity index (χ3v) is 3.36. The van der Waals surface area contributed by atoms with Crippen molar-refractivity contribution >= 4 is 0 Å². The van der Waals surface area contributed by atoms with Crippen molar-refractivity contribution < 1.29 is 8.94 Å². The van der Waals surface area contributed by atoms with Crippen LogP contribution in [0.15, 0.2) is 68.7 Å². The molecule has 0 aliphatic rings. The second-order valence-electron chi connectivity index (χ2n) is 4.91. The van der Waals surface area contributed by atoms with Crippen LogP contribution in [0.5, 0.6) is 0 Å². The quantitative estimate of drug-likeness (QED) is 0.566. The summed E-state index contributed by atoms with van der Waals surface area (Å²) >= 11 is 0. The van der Waals surface area contributed by atoms with Crippen molar-refractivity contribution in [2.24, 2.45) is 0 Å². The lowest BCUT2D eigenvalue weighted by atomic mass is 10.2. The van der Waals surface area contributed by atoms with Gasteiger partial charge in [-0.2, -0.15) is 0 Å². The fourth-order valence-electron chi connectivity index (χ4n) is 2.24. The van der Waals surface area contributed by atoms with Gasteiger partial charge in [0.1, 0.15) is 6.54 Å². The van der Waals surface area contributed by atoms with Crippen LogP contribution < -0.4 is 5.76 Å². The third-order valence-electron chi connectivity index (χ3n) is 3.36. The van der Waals surface area contributed by atoms with E-state index < -0.39 is 5.76 Å². The number of rotatable bonds is 4. The van der Waals surface area contributed by atoms with Crippen LogP contribution in [0.1, 0.15) is 5.89 Å². The molecule has 4 rings (SSSR count). The number of nitrogens with zero attached hydrogens (tertiary/aromatic N) is 5. The van der Waals surface area contributed by atoms with Crippen LogP contribution >= 0.6 is 0 Å². The zero-order chi connectivity index (χ0) is 16.4. The van der Waals surface area contributed by atoms with E-state index in [0.29, 0.717) is 11.7 Å². The summed E-state index contributed by atoms with van der Waals surface area (Å²) in [5, 5.41) is 3.73. The first-order valence-electron chi connectivity index (χ1n) is 7.15. The highest BCUT2D eigenvalue weighted by atomic mass is 16.5. The highest BCUT2D eigenvalue weighted by molar-refractivity contribution is 5.55. The second kappa shape index (κ2) is 5.92. The number of hydrogen-bond acceptors (Lipinski definition) is 7. The largest absolute Gasteiger partial charge is 0.442 e. The molecule has 0 saturated carbocycles. The Morgan fingerprint density at radius 2 is 1.79 bits per heavy atom. The van der Waals surface area contributed by atoms with Crippen molar-refractivity contribution in [2.45, 2.75) is 6.54 Å². The summed E-state index contributed by atoms with van der Waals surface area (Å²) in [6.07, 6.45) is 4.73. The van der Waals surface area contributed by atoms with Gasteiger partial charge in [0.2, 0.25) is 11.7 Å². The van der Waals surface area contributed by atoms with Gasteiger partial charge in [0.25, 0.3) is 0 Å². The van der Waals surface area contributed by atoms with Crippen LogP contribution in [0, 0.1) is 0 Å². The van der Waals surface area contributed by atoms with Crippen LogP contribution in [-0.2, 0) is 6.54 Å². The van der Waals surface area contributed by atoms with Gasteiger partial charge in [0, 0.05) is 18.0 Å². The van der Waals surface area contributed by atoms with Crippen LogP contribution in [0.3, 0.4) is 0 Å². The molecule has 0 unspecified atom stereocenters. The minimum atomic E-state index is -0.628. The molecule has 8 heteroatoms. The molecule has 3 heterocycles. The van der Waals surface area contributed by atoms with Crippen LogP contribution in [0.2, 0.25) is 0 Å². The van der Waals surface area contributed by atoms with E-state index in [-0.39, 0.29) is 18.2 Å². The van der Waals surface area contributed by atoms with E-state index in [0.717, 1.165) is 5.56 Å². The topological polar surface area (TPSA) is 99.8 Å². The van der Waals surface area contributed by atoms with Crippen molar-refractivity contribution in [2.75, 3.05) is 0 Å². The van der Waals surface area contributed by atoms with Crippen LogP contribution in [0.25, 0.3) is 23.0 Å². The summed E-state index contributed by atoms with van der Waals surface area (Å²) in [6, 6.07) is 11.2. The minimum Gasteiger partial charge on any atom is -0.439 e. The van der Waals surface area contributed by atoms with Gasteiger partial charge in [-0.15, -0.1) is 0 Å². The highest BCUT2D eigenvalue weighted by Crippen LogP contribution is 2.20. The third kappa shape index (κ3) is 2.60. The van der Waals surface area contributed by atoms with Gasteiger partial charge in [-0.1, -0.05) is 35.5 Å². The van der Waals surface area contributed by atoms with E-state index >= 15 is 0 Å². The molecule has 0 aliphatic heterocycles. The molecule has 0 N–H and O–H groups in total. The number of benzene rings is 1. The van der Waals surface area contributed by atoms with Gasteiger partial charge in [-0.3, -0.25) is 4.52 Å². The molecule has 4 aromatic rings. The van der Waals surface area contributed by atoms with E-state index in [1.807, 2.05) is 30.3 Å². The molecule has 0 fully saturated rings. The molecule has 0 saturated heterocycles. The summed E-state index contributed by atoms with van der Waals surface area (Å²) in [5.74, 6) is 0.860. The summed E-state index contributed by atoms with van der Waals surface area (Å²) in [5.41, 5.74) is 0.903. The normalized spacial score (nSPS) is 10.8. The molecule has 1 aromatic carbocycles. The second-order valence-corrected chi connectivity index (χ2v) is 4.91. The first-order chi connectivity index (χ1) is 11.8. The van der Waals surface area contributed by atoms with Crippen molar-refractivity contribution in [3.05, 3.63) is 71.4 Å². The molecule has 3 aromatic heterocycles. The lowest BCUT2D eigenvalue weighted by Crippen LogP contribution is -2.17. The van der Waals surface area contributed by atoms with E-state index in [4.69, 9.17) is 8.94 Å². The summed E-state index contributed by atoms with van der Waals surface area (Å²) in [4.78, 5) is 24.3. The first-order valence-corrected chi connectivity index (χ1v) is 7.15. The Balaban J connectivity index is 1.67. The average molecular weight is 321 g/mol. The predicted molar refractivity (Wildman–Crippen MR) is 82.8 cm³/mol. The first kappa shape index (κ1) is 14.1. The van der Waals surface area contributed by atoms with Crippen LogP contribution in [0.4, 0.5) is 0 Å². The highest BCUT2D eigenvalue weighted by Gasteiger charge is 2.17. The fraction of sp³-hybridized carbons (Fsp3) is 0.0625. The Hall–Kier alpha value is -3.55. The van der Waals surface area contributed by atoms with Gasteiger partial charge in [-0.05, 0) is 6.07 Å². The van der Waals surface area contributed by atoms with Gasteiger partial charge < -0.3 is 4.42 Å². The lowest BCUT2D eigenvalue weighted by Gasteiger charge is -2.00. The molecule has 0 amide bonds. The maximum atomic E-state index is 11.9. The molecule has 0 bridgehead atoms.